The van der Waals surface area contributed by atoms with Gasteiger partial charge in [0.05, 0.1) is 25.2 Å². The number of unbranched alkanes of at least 4 members (excludes halogenated alkanes) is 2. The lowest BCUT2D eigenvalue weighted by Gasteiger charge is -2.27. The number of carboxylic acid groups (broad SMARTS) is 1. The summed E-state index contributed by atoms with van der Waals surface area (Å²) in [6.45, 7) is 3.49. The van der Waals surface area contributed by atoms with Gasteiger partial charge >= 0.3 is 5.97 Å². The maximum absolute atomic E-state index is 12.4. The third kappa shape index (κ3) is 5.23. The number of hydrogen-bond acceptors (Lipinski definition) is 4. The first-order valence-corrected chi connectivity index (χ1v) is 8.39. The maximum atomic E-state index is 12.4. The summed E-state index contributed by atoms with van der Waals surface area (Å²) in [6.07, 6.45) is 3.65. The van der Waals surface area contributed by atoms with Crippen molar-refractivity contribution in [3.63, 3.8) is 0 Å². The van der Waals surface area contributed by atoms with Gasteiger partial charge in [0, 0.05) is 12.2 Å². The fourth-order valence-electron chi connectivity index (χ4n) is 2.74. The van der Waals surface area contributed by atoms with Crippen molar-refractivity contribution in [2.45, 2.75) is 44.6 Å². The largest absolute Gasteiger partial charge is 0.494 e. The Balaban J connectivity index is 1.93. The zero-order valence-electron chi connectivity index (χ0n) is 14.0. The Kier molecular flexibility index (Phi) is 6.61. The molecule has 6 heteroatoms. The van der Waals surface area contributed by atoms with E-state index in [1.165, 1.54) is 0 Å². The highest BCUT2D eigenvalue weighted by atomic mass is 16.5. The van der Waals surface area contributed by atoms with E-state index in [1.54, 1.807) is 24.3 Å². The lowest BCUT2D eigenvalue weighted by Crippen LogP contribution is -2.50. The molecule has 24 heavy (non-hydrogen) atoms. The second-order valence-electron chi connectivity index (χ2n) is 6.19. The first-order valence-electron chi connectivity index (χ1n) is 8.39. The minimum absolute atomic E-state index is 0.142. The van der Waals surface area contributed by atoms with Gasteiger partial charge < -0.3 is 19.9 Å². The number of amides is 1. The molecule has 2 rings (SSSR count). The van der Waals surface area contributed by atoms with E-state index in [9.17, 15) is 9.59 Å². The van der Waals surface area contributed by atoms with Crippen LogP contribution in [0.4, 0.5) is 0 Å². The van der Waals surface area contributed by atoms with Gasteiger partial charge in [-0.1, -0.05) is 19.8 Å². The molecule has 2 N–H and O–H groups in total. The van der Waals surface area contributed by atoms with Crippen LogP contribution in [0.2, 0.25) is 0 Å². The Hall–Kier alpha value is -2.08. The minimum atomic E-state index is -0.948. The lowest BCUT2D eigenvalue weighted by molar-refractivity contribution is -0.138. The van der Waals surface area contributed by atoms with E-state index in [-0.39, 0.29) is 18.9 Å². The molecule has 0 aliphatic carbocycles. The Labute approximate surface area is 142 Å². The molecule has 0 saturated carbocycles. The molecule has 0 aromatic heterocycles. The van der Waals surface area contributed by atoms with Crippen LogP contribution in [0.5, 0.6) is 5.75 Å². The highest BCUT2D eigenvalue weighted by molar-refractivity contribution is 5.95. The number of carbonyl (C=O) groups is 2. The molecule has 0 spiro atoms. The van der Waals surface area contributed by atoms with Crippen LogP contribution in [0.3, 0.4) is 0 Å². The smallest absolute Gasteiger partial charge is 0.305 e. The molecule has 1 saturated heterocycles. The van der Waals surface area contributed by atoms with Crippen molar-refractivity contribution in [3.05, 3.63) is 29.8 Å². The number of ether oxygens (including phenoxy) is 2. The van der Waals surface area contributed by atoms with E-state index in [2.05, 4.69) is 12.2 Å². The van der Waals surface area contributed by atoms with Crippen molar-refractivity contribution in [2.75, 3.05) is 19.8 Å². The second-order valence-corrected chi connectivity index (χ2v) is 6.19. The van der Waals surface area contributed by atoms with Crippen molar-refractivity contribution < 1.29 is 24.2 Å². The van der Waals surface area contributed by atoms with Crippen molar-refractivity contribution in [2.24, 2.45) is 0 Å². The normalized spacial score (nSPS) is 19.9. The van der Waals surface area contributed by atoms with Crippen LogP contribution >= 0.6 is 0 Å². The molecule has 1 unspecified atom stereocenters. The standard InChI is InChI=1S/C18H25NO5/c1-2-3-4-10-24-15-7-5-14(6-8-15)17(22)19-18(12-16(20)21)9-11-23-13-18/h5-8H,2-4,9-13H2,1H3,(H,19,22)(H,20,21). The SMILES string of the molecule is CCCCCOc1ccc(C(=O)NC2(CC(=O)O)CCOC2)cc1. The molecule has 0 bridgehead atoms. The second kappa shape index (κ2) is 8.68. The summed E-state index contributed by atoms with van der Waals surface area (Å²) in [7, 11) is 0. The van der Waals surface area contributed by atoms with Crippen LogP contribution in [-0.4, -0.2) is 42.3 Å². The number of aliphatic carboxylic acids is 1. The molecular formula is C18H25NO5. The number of hydrogen-bond donors (Lipinski definition) is 2. The molecular weight excluding hydrogens is 310 g/mol. The average Bonchev–Trinajstić information content (AvgIpc) is 2.99. The highest BCUT2D eigenvalue weighted by Crippen LogP contribution is 2.23. The summed E-state index contributed by atoms with van der Waals surface area (Å²) < 4.78 is 10.9. The number of carbonyl (C=O) groups excluding carboxylic acids is 1. The molecule has 1 amide bonds. The van der Waals surface area contributed by atoms with Crippen LogP contribution in [0.25, 0.3) is 0 Å². The molecule has 1 aromatic carbocycles. The summed E-state index contributed by atoms with van der Waals surface area (Å²) in [5, 5.41) is 11.9. The topological polar surface area (TPSA) is 84.9 Å². The predicted molar refractivity (Wildman–Crippen MR) is 89.3 cm³/mol. The molecule has 0 radical (unpaired) electrons. The third-order valence-electron chi connectivity index (χ3n) is 4.10. The molecule has 1 aliphatic rings. The maximum Gasteiger partial charge on any atom is 0.305 e. The van der Waals surface area contributed by atoms with Gasteiger partial charge in [0.1, 0.15) is 5.75 Å². The number of nitrogens with one attached hydrogen (secondary N) is 1. The quantitative estimate of drug-likeness (QED) is 0.678. The zero-order chi connectivity index (χ0) is 17.4. The van der Waals surface area contributed by atoms with E-state index in [4.69, 9.17) is 14.6 Å². The van der Waals surface area contributed by atoms with Gasteiger partial charge in [0.2, 0.25) is 0 Å². The van der Waals surface area contributed by atoms with E-state index < -0.39 is 11.5 Å². The third-order valence-corrected chi connectivity index (χ3v) is 4.10. The minimum Gasteiger partial charge on any atom is -0.494 e. The van der Waals surface area contributed by atoms with Gasteiger partial charge in [0.15, 0.2) is 0 Å². The molecule has 6 nitrogen and oxygen atoms in total. The molecule has 132 valence electrons. The average molecular weight is 335 g/mol. The summed E-state index contributed by atoms with van der Waals surface area (Å²) >= 11 is 0. The fourth-order valence-corrected chi connectivity index (χ4v) is 2.74. The molecule has 1 aromatic rings. The van der Waals surface area contributed by atoms with Crippen LogP contribution in [0.1, 0.15) is 49.4 Å². The summed E-state index contributed by atoms with van der Waals surface area (Å²) in [6, 6.07) is 6.90. The Morgan fingerprint density at radius 2 is 2.04 bits per heavy atom. The van der Waals surface area contributed by atoms with Gasteiger partial charge in [-0.05, 0) is 37.1 Å². The number of rotatable bonds is 9. The van der Waals surface area contributed by atoms with E-state index in [1.807, 2.05) is 0 Å². The van der Waals surface area contributed by atoms with Gasteiger partial charge in [-0.25, -0.2) is 0 Å². The summed E-state index contributed by atoms with van der Waals surface area (Å²) in [5.74, 6) is -0.511. The van der Waals surface area contributed by atoms with Crippen molar-refractivity contribution in [1.82, 2.24) is 5.32 Å². The van der Waals surface area contributed by atoms with Crippen molar-refractivity contribution in [1.29, 1.82) is 0 Å². The van der Waals surface area contributed by atoms with Crippen molar-refractivity contribution in [3.8, 4) is 5.75 Å². The van der Waals surface area contributed by atoms with E-state index in [0.29, 0.717) is 25.2 Å². The van der Waals surface area contributed by atoms with Gasteiger partial charge in [-0.2, -0.15) is 0 Å². The first-order chi connectivity index (χ1) is 11.5. The Morgan fingerprint density at radius 3 is 2.62 bits per heavy atom. The summed E-state index contributed by atoms with van der Waals surface area (Å²) in [4.78, 5) is 23.4. The van der Waals surface area contributed by atoms with E-state index >= 15 is 0 Å². The van der Waals surface area contributed by atoms with Gasteiger partial charge in [-0.3, -0.25) is 9.59 Å². The Morgan fingerprint density at radius 1 is 1.29 bits per heavy atom. The monoisotopic (exact) mass is 335 g/mol. The molecule has 1 aliphatic heterocycles. The van der Waals surface area contributed by atoms with Crippen LogP contribution < -0.4 is 10.1 Å². The first kappa shape index (κ1) is 18.3. The highest BCUT2D eigenvalue weighted by Gasteiger charge is 2.38. The predicted octanol–water partition coefficient (Wildman–Crippen LogP) is 2.62. The lowest BCUT2D eigenvalue weighted by atomic mass is 9.93. The van der Waals surface area contributed by atoms with Crippen LogP contribution in [-0.2, 0) is 9.53 Å². The number of carboxylic acids is 1. The van der Waals surface area contributed by atoms with Crippen LogP contribution in [0, 0.1) is 0 Å². The van der Waals surface area contributed by atoms with E-state index in [0.717, 1.165) is 25.0 Å². The van der Waals surface area contributed by atoms with Gasteiger partial charge in [-0.15, -0.1) is 0 Å². The molecule has 1 heterocycles. The molecule has 1 fully saturated rings. The number of benzene rings is 1. The van der Waals surface area contributed by atoms with Crippen molar-refractivity contribution >= 4 is 11.9 Å². The fraction of sp³-hybridized carbons (Fsp3) is 0.556. The van der Waals surface area contributed by atoms with Gasteiger partial charge in [0.25, 0.3) is 5.91 Å². The van der Waals surface area contributed by atoms with Crippen LogP contribution in [0.15, 0.2) is 24.3 Å². The Bertz CT molecular complexity index is 549. The zero-order valence-corrected chi connectivity index (χ0v) is 14.0. The summed E-state index contributed by atoms with van der Waals surface area (Å²) in [5.41, 5.74) is -0.342. The molecule has 1 atom stereocenters.